The van der Waals surface area contributed by atoms with E-state index in [4.69, 9.17) is 0 Å². The van der Waals surface area contributed by atoms with E-state index in [1.54, 1.807) is 19.1 Å². The quantitative estimate of drug-likeness (QED) is 0.802. The van der Waals surface area contributed by atoms with Gasteiger partial charge in [-0.15, -0.1) is 0 Å². The van der Waals surface area contributed by atoms with Crippen LogP contribution in [-0.2, 0) is 9.59 Å². The number of hydrogen-bond donors (Lipinski definition) is 1. The molecule has 0 aromatic heterocycles. The molecule has 0 heterocycles. The van der Waals surface area contributed by atoms with Crippen LogP contribution in [0.5, 0.6) is 0 Å². The Morgan fingerprint density at radius 2 is 2.00 bits per heavy atom. The second-order valence-electron chi connectivity index (χ2n) is 9.04. The SMILES string of the molecule is CC(=O)C1CCC2C3CCC4=CC(=O)C=CC4(C)C3C(O)CC12C. The van der Waals surface area contributed by atoms with Gasteiger partial charge in [0.1, 0.15) is 5.78 Å². The fraction of sp³-hybridized carbons (Fsp3) is 0.714. The molecule has 3 heteroatoms. The van der Waals surface area contributed by atoms with Gasteiger partial charge < -0.3 is 5.11 Å². The van der Waals surface area contributed by atoms with E-state index >= 15 is 0 Å². The van der Waals surface area contributed by atoms with Crippen molar-refractivity contribution in [3.05, 3.63) is 23.8 Å². The Labute approximate surface area is 144 Å². The van der Waals surface area contributed by atoms with E-state index in [0.29, 0.717) is 18.3 Å². The van der Waals surface area contributed by atoms with Crippen molar-refractivity contribution in [2.75, 3.05) is 0 Å². The van der Waals surface area contributed by atoms with Crippen LogP contribution in [0.2, 0.25) is 0 Å². The van der Waals surface area contributed by atoms with Crippen molar-refractivity contribution in [1.29, 1.82) is 0 Å². The first-order chi connectivity index (χ1) is 11.3. The maximum atomic E-state index is 12.2. The number of carbonyl (C=O) groups is 2. The van der Waals surface area contributed by atoms with Gasteiger partial charge in [-0.3, -0.25) is 9.59 Å². The molecule has 0 radical (unpaired) electrons. The Morgan fingerprint density at radius 1 is 1.25 bits per heavy atom. The zero-order valence-corrected chi connectivity index (χ0v) is 14.9. The van der Waals surface area contributed by atoms with Crippen LogP contribution in [0.3, 0.4) is 0 Å². The van der Waals surface area contributed by atoms with Gasteiger partial charge in [-0.2, -0.15) is 0 Å². The summed E-state index contributed by atoms with van der Waals surface area (Å²) in [7, 11) is 0. The lowest BCUT2D eigenvalue weighted by atomic mass is 9.46. The number of ketones is 2. The summed E-state index contributed by atoms with van der Waals surface area (Å²) in [6, 6.07) is 0. The van der Waals surface area contributed by atoms with Crippen molar-refractivity contribution < 1.29 is 14.7 Å². The second kappa shape index (κ2) is 5.14. The Balaban J connectivity index is 1.74. The first-order valence-electron chi connectivity index (χ1n) is 9.40. The first-order valence-corrected chi connectivity index (χ1v) is 9.40. The molecular formula is C21H28O3. The minimum absolute atomic E-state index is 0.0573. The van der Waals surface area contributed by atoms with Crippen LogP contribution in [0, 0.1) is 34.5 Å². The number of hydrogen-bond acceptors (Lipinski definition) is 3. The van der Waals surface area contributed by atoms with E-state index in [-0.39, 0.29) is 34.2 Å². The monoisotopic (exact) mass is 328 g/mol. The summed E-state index contributed by atoms with van der Waals surface area (Å²) in [6.07, 6.45) is 9.89. The minimum Gasteiger partial charge on any atom is -0.393 e. The average Bonchev–Trinajstić information content (AvgIpc) is 2.84. The molecule has 1 N–H and O–H groups in total. The lowest BCUT2D eigenvalue weighted by molar-refractivity contribution is -0.137. The highest BCUT2D eigenvalue weighted by atomic mass is 16.3. The second-order valence-corrected chi connectivity index (χ2v) is 9.04. The normalized spacial score (nSPS) is 49.9. The zero-order chi connectivity index (χ0) is 17.3. The molecule has 4 rings (SSSR count). The van der Waals surface area contributed by atoms with Gasteiger partial charge in [0.05, 0.1) is 6.10 Å². The molecule has 7 atom stereocenters. The highest BCUT2D eigenvalue weighted by molar-refractivity contribution is 6.01. The van der Waals surface area contributed by atoms with Crippen LogP contribution in [-0.4, -0.2) is 22.8 Å². The summed E-state index contributed by atoms with van der Waals surface area (Å²) >= 11 is 0. The van der Waals surface area contributed by atoms with E-state index in [1.807, 2.05) is 6.08 Å². The van der Waals surface area contributed by atoms with Crippen LogP contribution in [0.4, 0.5) is 0 Å². The third-order valence-corrected chi connectivity index (χ3v) is 7.98. The van der Waals surface area contributed by atoms with Gasteiger partial charge in [0, 0.05) is 17.3 Å². The van der Waals surface area contributed by atoms with Crippen LogP contribution < -0.4 is 0 Å². The Hall–Kier alpha value is -1.22. The predicted octanol–water partition coefficient (Wildman–Crippen LogP) is 3.47. The number of fused-ring (bicyclic) bond motifs is 5. The lowest BCUT2D eigenvalue weighted by Gasteiger charge is -2.58. The van der Waals surface area contributed by atoms with E-state index in [2.05, 4.69) is 13.8 Å². The fourth-order valence-electron chi connectivity index (χ4n) is 6.99. The summed E-state index contributed by atoms with van der Waals surface area (Å²) in [5.74, 6) is 1.61. The first kappa shape index (κ1) is 16.3. The summed E-state index contributed by atoms with van der Waals surface area (Å²) in [6.45, 7) is 6.15. The van der Waals surface area contributed by atoms with Crippen molar-refractivity contribution in [3.63, 3.8) is 0 Å². The molecule has 0 bridgehead atoms. The molecule has 0 saturated heterocycles. The van der Waals surface area contributed by atoms with Crippen LogP contribution >= 0.6 is 0 Å². The predicted molar refractivity (Wildman–Crippen MR) is 92.2 cm³/mol. The number of aliphatic hydroxyl groups excluding tert-OH is 1. The molecule has 4 aliphatic rings. The summed E-state index contributed by atoms with van der Waals surface area (Å²) in [4.78, 5) is 24.0. The molecule has 7 unspecified atom stereocenters. The van der Waals surface area contributed by atoms with Crippen LogP contribution in [0.25, 0.3) is 0 Å². The number of Topliss-reactive ketones (excluding diaryl/α,β-unsaturated/α-hetero) is 1. The number of aliphatic hydroxyl groups is 1. The third kappa shape index (κ3) is 2.00. The third-order valence-electron chi connectivity index (χ3n) is 7.98. The highest BCUT2D eigenvalue weighted by Crippen LogP contribution is 2.65. The fourth-order valence-corrected chi connectivity index (χ4v) is 6.99. The molecule has 0 aromatic carbocycles. The molecule has 0 spiro atoms. The number of allylic oxidation sites excluding steroid dienone is 4. The Bertz CT molecular complexity index is 660. The molecule has 0 aromatic rings. The molecule has 3 fully saturated rings. The van der Waals surface area contributed by atoms with E-state index in [1.165, 1.54) is 5.57 Å². The highest BCUT2D eigenvalue weighted by Gasteiger charge is 2.62. The van der Waals surface area contributed by atoms with Crippen molar-refractivity contribution in [2.45, 2.75) is 59.0 Å². The molecule has 3 nitrogen and oxygen atoms in total. The van der Waals surface area contributed by atoms with E-state index in [0.717, 1.165) is 25.7 Å². The van der Waals surface area contributed by atoms with E-state index < -0.39 is 6.10 Å². The topological polar surface area (TPSA) is 54.4 Å². The molecule has 4 aliphatic carbocycles. The minimum atomic E-state index is -0.400. The van der Waals surface area contributed by atoms with Gasteiger partial charge in [0.25, 0.3) is 0 Å². The molecule has 130 valence electrons. The average molecular weight is 328 g/mol. The molecule has 0 amide bonds. The van der Waals surface area contributed by atoms with Crippen LogP contribution in [0.1, 0.15) is 52.9 Å². The molecular weight excluding hydrogens is 300 g/mol. The van der Waals surface area contributed by atoms with Crippen molar-refractivity contribution in [3.8, 4) is 0 Å². The smallest absolute Gasteiger partial charge is 0.178 e. The van der Waals surface area contributed by atoms with Gasteiger partial charge >= 0.3 is 0 Å². The lowest BCUT2D eigenvalue weighted by Crippen LogP contribution is -2.56. The van der Waals surface area contributed by atoms with Crippen molar-refractivity contribution in [2.24, 2.45) is 34.5 Å². The summed E-state index contributed by atoms with van der Waals surface area (Å²) in [5, 5.41) is 11.1. The summed E-state index contributed by atoms with van der Waals surface area (Å²) in [5.41, 5.74) is 0.935. The maximum Gasteiger partial charge on any atom is 0.178 e. The Kier molecular flexibility index (Phi) is 3.48. The summed E-state index contributed by atoms with van der Waals surface area (Å²) < 4.78 is 0. The number of carbonyl (C=O) groups excluding carboxylic acids is 2. The zero-order valence-electron chi connectivity index (χ0n) is 14.9. The van der Waals surface area contributed by atoms with Gasteiger partial charge in [-0.1, -0.05) is 25.5 Å². The van der Waals surface area contributed by atoms with Gasteiger partial charge in [0.2, 0.25) is 0 Å². The van der Waals surface area contributed by atoms with Gasteiger partial charge in [-0.05, 0) is 68.4 Å². The molecule has 24 heavy (non-hydrogen) atoms. The number of rotatable bonds is 1. The van der Waals surface area contributed by atoms with Gasteiger partial charge in [-0.25, -0.2) is 0 Å². The van der Waals surface area contributed by atoms with Gasteiger partial charge in [0.15, 0.2) is 5.78 Å². The van der Waals surface area contributed by atoms with Crippen molar-refractivity contribution in [1.82, 2.24) is 0 Å². The van der Waals surface area contributed by atoms with Crippen LogP contribution in [0.15, 0.2) is 23.8 Å². The standard InChI is InChI=1S/C21H28O3/c1-12(22)16-6-7-17-15-5-4-13-10-14(23)8-9-20(13,2)19(15)18(24)11-21(16,17)3/h8-10,15-19,24H,4-7,11H2,1-3H3. The molecule has 3 saturated carbocycles. The van der Waals surface area contributed by atoms with E-state index in [9.17, 15) is 14.7 Å². The van der Waals surface area contributed by atoms with Crippen molar-refractivity contribution >= 4 is 11.6 Å². The maximum absolute atomic E-state index is 12.2. The largest absolute Gasteiger partial charge is 0.393 e. The Morgan fingerprint density at radius 3 is 2.71 bits per heavy atom. The molecule has 0 aliphatic heterocycles.